The zero-order chi connectivity index (χ0) is 8.93. The average Bonchev–Trinajstić information content (AvgIpc) is 2.75. The Morgan fingerprint density at radius 1 is 0.923 bits per heavy atom. The molecule has 2 rings (SSSR count). The van der Waals surface area contributed by atoms with Crippen molar-refractivity contribution in [2.75, 3.05) is 26.2 Å². The SMILES string of the molecule is C(=CN1CCCC1)C=[N+]1CCCC1. The highest BCUT2D eigenvalue weighted by molar-refractivity contribution is 5.65. The van der Waals surface area contributed by atoms with E-state index >= 15 is 0 Å². The van der Waals surface area contributed by atoms with Crippen molar-refractivity contribution >= 4 is 6.21 Å². The van der Waals surface area contributed by atoms with E-state index in [0.717, 1.165) is 0 Å². The molecule has 2 aliphatic heterocycles. The molecule has 0 bridgehead atoms. The average molecular weight is 179 g/mol. The Balaban J connectivity index is 1.79. The molecule has 0 atom stereocenters. The van der Waals surface area contributed by atoms with E-state index in [-0.39, 0.29) is 0 Å². The summed E-state index contributed by atoms with van der Waals surface area (Å²) in [4.78, 5) is 2.41. The van der Waals surface area contributed by atoms with Crippen molar-refractivity contribution in [1.29, 1.82) is 0 Å². The second kappa shape index (κ2) is 4.45. The van der Waals surface area contributed by atoms with Gasteiger partial charge in [-0.3, -0.25) is 0 Å². The smallest absolute Gasteiger partial charge is 0.164 e. The number of hydrogen-bond acceptors (Lipinski definition) is 1. The molecule has 2 aliphatic rings. The van der Waals surface area contributed by atoms with Crippen LogP contribution in [0.5, 0.6) is 0 Å². The fraction of sp³-hybridized carbons (Fsp3) is 0.727. The summed E-state index contributed by atoms with van der Waals surface area (Å²) in [7, 11) is 0. The van der Waals surface area contributed by atoms with Gasteiger partial charge in [-0.1, -0.05) is 0 Å². The molecule has 2 saturated heterocycles. The topological polar surface area (TPSA) is 6.25 Å². The summed E-state index contributed by atoms with van der Waals surface area (Å²) in [6.45, 7) is 5.02. The van der Waals surface area contributed by atoms with Gasteiger partial charge in [0.05, 0.1) is 0 Å². The molecule has 13 heavy (non-hydrogen) atoms. The van der Waals surface area contributed by atoms with E-state index in [1.165, 1.54) is 51.9 Å². The van der Waals surface area contributed by atoms with Crippen LogP contribution in [0.3, 0.4) is 0 Å². The van der Waals surface area contributed by atoms with Crippen molar-refractivity contribution < 1.29 is 4.58 Å². The molecule has 0 saturated carbocycles. The third kappa shape index (κ3) is 2.58. The lowest BCUT2D eigenvalue weighted by atomic mass is 10.4. The molecule has 0 aromatic rings. The third-order valence-corrected chi connectivity index (χ3v) is 2.88. The molecular weight excluding hydrogens is 160 g/mol. The number of nitrogens with zero attached hydrogens (tertiary/aromatic N) is 2. The van der Waals surface area contributed by atoms with Crippen LogP contribution < -0.4 is 0 Å². The Labute approximate surface area is 80.6 Å². The standard InChI is InChI=1S/C11H19N2/c1-2-7-12(6-1)10-5-11-13-8-3-4-9-13/h5,10-11H,1-4,6-9H2/q+1. The van der Waals surface area contributed by atoms with Gasteiger partial charge in [-0.05, 0) is 12.8 Å². The Hall–Kier alpha value is -0.790. The Kier molecular flexibility index (Phi) is 3.01. The van der Waals surface area contributed by atoms with Gasteiger partial charge in [0.25, 0.3) is 0 Å². The van der Waals surface area contributed by atoms with Crippen LogP contribution in [0.15, 0.2) is 12.3 Å². The Morgan fingerprint density at radius 3 is 2.31 bits per heavy atom. The zero-order valence-corrected chi connectivity index (χ0v) is 8.28. The number of allylic oxidation sites excluding steroid dienone is 1. The fourth-order valence-corrected chi connectivity index (χ4v) is 2.06. The lowest BCUT2D eigenvalue weighted by molar-refractivity contribution is -0.500. The lowest BCUT2D eigenvalue weighted by Crippen LogP contribution is -2.11. The van der Waals surface area contributed by atoms with Crippen LogP contribution in [0.25, 0.3) is 0 Å². The van der Waals surface area contributed by atoms with E-state index < -0.39 is 0 Å². The van der Waals surface area contributed by atoms with Crippen molar-refractivity contribution in [3.63, 3.8) is 0 Å². The van der Waals surface area contributed by atoms with Crippen LogP contribution in [-0.2, 0) is 0 Å². The van der Waals surface area contributed by atoms with Crippen molar-refractivity contribution in [2.24, 2.45) is 0 Å². The Bertz CT molecular complexity index is 204. The lowest BCUT2D eigenvalue weighted by Gasteiger charge is -2.08. The first kappa shape index (κ1) is 8.79. The summed E-state index contributed by atoms with van der Waals surface area (Å²) in [6, 6.07) is 0. The predicted molar refractivity (Wildman–Crippen MR) is 55.2 cm³/mol. The molecule has 2 fully saturated rings. The quantitative estimate of drug-likeness (QED) is 0.582. The summed E-state index contributed by atoms with van der Waals surface area (Å²) in [5.41, 5.74) is 0. The van der Waals surface area contributed by atoms with E-state index in [9.17, 15) is 0 Å². The molecule has 0 radical (unpaired) electrons. The van der Waals surface area contributed by atoms with Crippen LogP contribution >= 0.6 is 0 Å². The van der Waals surface area contributed by atoms with Crippen LogP contribution in [-0.4, -0.2) is 41.9 Å². The summed E-state index contributed by atoms with van der Waals surface area (Å²) in [6.07, 6.45) is 12.2. The second-order valence-corrected chi connectivity index (χ2v) is 3.98. The van der Waals surface area contributed by atoms with Gasteiger partial charge in [0.2, 0.25) is 0 Å². The fourth-order valence-electron chi connectivity index (χ4n) is 2.06. The monoisotopic (exact) mass is 179 g/mol. The molecular formula is C11H19N2+. The molecule has 0 aromatic heterocycles. The van der Waals surface area contributed by atoms with Gasteiger partial charge in [0, 0.05) is 38.2 Å². The first-order chi connectivity index (χ1) is 6.45. The molecule has 2 heterocycles. The van der Waals surface area contributed by atoms with Gasteiger partial charge in [-0.2, -0.15) is 0 Å². The summed E-state index contributed by atoms with van der Waals surface area (Å²) >= 11 is 0. The second-order valence-electron chi connectivity index (χ2n) is 3.98. The molecule has 72 valence electrons. The first-order valence-electron chi connectivity index (χ1n) is 5.45. The summed E-state index contributed by atoms with van der Waals surface area (Å²) < 4.78 is 2.41. The van der Waals surface area contributed by atoms with Crippen LogP contribution in [0.4, 0.5) is 0 Å². The van der Waals surface area contributed by atoms with Gasteiger partial charge in [0.1, 0.15) is 13.1 Å². The van der Waals surface area contributed by atoms with Gasteiger partial charge in [0.15, 0.2) is 6.21 Å². The van der Waals surface area contributed by atoms with Crippen molar-refractivity contribution in [3.8, 4) is 0 Å². The molecule has 0 unspecified atom stereocenters. The largest absolute Gasteiger partial charge is 0.377 e. The number of rotatable bonds is 2. The molecule has 0 aromatic carbocycles. The van der Waals surface area contributed by atoms with Gasteiger partial charge < -0.3 is 4.90 Å². The highest BCUT2D eigenvalue weighted by Crippen LogP contribution is 2.06. The van der Waals surface area contributed by atoms with Crippen LogP contribution in [0.2, 0.25) is 0 Å². The predicted octanol–water partition coefficient (Wildman–Crippen LogP) is 1.47. The van der Waals surface area contributed by atoms with E-state index in [1.807, 2.05) is 0 Å². The summed E-state index contributed by atoms with van der Waals surface area (Å²) in [5.74, 6) is 0. The third-order valence-electron chi connectivity index (χ3n) is 2.88. The van der Waals surface area contributed by atoms with Gasteiger partial charge in [-0.15, -0.1) is 0 Å². The van der Waals surface area contributed by atoms with Crippen molar-refractivity contribution in [3.05, 3.63) is 12.3 Å². The molecule has 0 N–H and O–H groups in total. The first-order valence-corrected chi connectivity index (χ1v) is 5.45. The minimum absolute atomic E-state index is 1.25. The normalized spacial score (nSPS) is 23.4. The number of likely N-dealkylation sites (tertiary alicyclic amines) is 1. The minimum Gasteiger partial charge on any atom is -0.377 e. The molecule has 2 heteroatoms. The maximum atomic E-state index is 2.41. The van der Waals surface area contributed by atoms with Crippen LogP contribution in [0.1, 0.15) is 25.7 Å². The molecule has 0 amide bonds. The minimum atomic E-state index is 1.25. The zero-order valence-electron chi connectivity index (χ0n) is 8.28. The maximum absolute atomic E-state index is 2.41. The highest BCUT2D eigenvalue weighted by atomic mass is 15.1. The van der Waals surface area contributed by atoms with E-state index in [4.69, 9.17) is 0 Å². The van der Waals surface area contributed by atoms with Gasteiger partial charge >= 0.3 is 0 Å². The van der Waals surface area contributed by atoms with Crippen molar-refractivity contribution in [2.45, 2.75) is 25.7 Å². The van der Waals surface area contributed by atoms with E-state index in [2.05, 4.69) is 28.0 Å². The van der Waals surface area contributed by atoms with E-state index in [0.29, 0.717) is 0 Å². The maximum Gasteiger partial charge on any atom is 0.164 e. The van der Waals surface area contributed by atoms with Crippen molar-refractivity contribution in [1.82, 2.24) is 4.90 Å². The number of hydrogen-bond donors (Lipinski definition) is 0. The molecule has 2 nitrogen and oxygen atoms in total. The highest BCUT2D eigenvalue weighted by Gasteiger charge is 2.10. The molecule has 0 aliphatic carbocycles. The van der Waals surface area contributed by atoms with Crippen LogP contribution in [0, 0.1) is 0 Å². The van der Waals surface area contributed by atoms with E-state index in [1.54, 1.807) is 0 Å². The van der Waals surface area contributed by atoms with Gasteiger partial charge in [-0.25, -0.2) is 4.58 Å². The summed E-state index contributed by atoms with van der Waals surface area (Å²) in [5, 5.41) is 0. The molecule has 0 spiro atoms. The Morgan fingerprint density at radius 2 is 1.62 bits per heavy atom.